The number of carbonyl (C=O) groups excluding carboxylic acids is 1. The van der Waals surface area contributed by atoms with E-state index in [4.69, 9.17) is 4.74 Å². The number of H-pyrrole nitrogens is 1. The normalized spacial score (nSPS) is 12.2. The van der Waals surface area contributed by atoms with E-state index in [-0.39, 0.29) is 35.1 Å². The molecule has 3 aromatic rings. The summed E-state index contributed by atoms with van der Waals surface area (Å²) in [4.78, 5) is 33.6. The second-order valence-electron chi connectivity index (χ2n) is 6.82. The molecule has 0 saturated carbocycles. The lowest BCUT2D eigenvalue weighted by molar-refractivity contribution is 0.0459. The van der Waals surface area contributed by atoms with Crippen LogP contribution in [0.4, 0.5) is 0 Å². The van der Waals surface area contributed by atoms with Gasteiger partial charge in [-0.05, 0) is 37.0 Å². The highest BCUT2D eigenvalue weighted by Gasteiger charge is 2.18. The van der Waals surface area contributed by atoms with Gasteiger partial charge in [-0.15, -0.1) is 11.3 Å². The van der Waals surface area contributed by atoms with Gasteiger partial charge in [-0.2, -0.15) is 0 Å². The maximum Gasteiger partial charge on any atom is 0.342 e. The van der Waals surface area contributed by atoms with Crippen molar-refractivity contribution in [2.24, 2.45) is 5.92 Å². The van der Waals surface area contributed by atoms with Crippen LogP contribution in [0.1, 0.15) is 46.9 Å². The van der Waals surface area contributed by atoms with Crippen LogP contribution in [0.5, 0.6) is 11.5 Å². The van der Waals surface area contributed by atoms with Crippen molar-refractivity contribution in [3.8, 4) is 11.5 Å². The van der Waals surface area contributed by atoms with Crippen molar-refractivity contribution in [2.75, 3.05) is 0 Å². The van der Waals surface area contributed by atoms with Crippen LogP contribution in [-0.4, -0.2) is 26.2 Å². The SMILES string of the molecule is CC[C@H](C)Cc1c(C)sc2nc(COC(=O)c3ccc(O)cc3O)[nH]c(=O)c12. The summed E-state index contributed by atoms with van der Waals surface area (Å²) in [5, 5.41) is 19.6. The van der Waals surface area contributed by atoms with E-state index < -0.39 is 5.97 Å². The van der Waals surface area contributed by atoms with E-state index in [0.717, 1.165) is 29.3 Å². The fourth-order valence-corrected chi connectivity index (χ4v) is 4.00. The summed E-state index contributed by atoms with van der Waals surface area (Å²) in [5.41, 5.74) is 0.705. The second kappa shape index (κ2) is 8.02. The number of aromatic amines is 1. The summed E-state index contributed by atoms with van der Waals surface area (Å²) in [6.07, 6.45) is 1.85. The number of phenolic OH excluding ortho intramolecular Hbond substituents is 2. The van der Waals surface area contributed by atoms with Crippen LogP contribution in [-0.2, 0) is 17.8 Å². The van der Waals surface area contributed by atoms with Gasteiger partial charge in [0.15, 0.2) is 0 Å². The smallest absolute Gasteiger partial charge is 0.342 e. The zero-order chi connectivity index (χ0) is 20.4. The molecule has 0 bridgehead atoms. The van der Waals surface area contributed by atoms with Gasteiger partial charge >= 0.3 is 5.97 Å². The molecule has 0 aliphatic carbocycles. The number of phenols is 2. The van der Waals surface area contributed by atoms with Crippen molar-refractivity contribution < 1.29 is 19.7 Å². The van der Waals surface area contributed by atoms with Gasteiger partial charge in [-0.25, -0.2) is 9.78 Å². The predicted octanol–water partition coefficient (Wildman–Crippen LogP) is 3.65. The van der Waals surface area contributed by atoms with Gasteiger partial charge in [0.25, 0.3) is 5.56 Å². The van der Waals surface area contributed by atoms with Gasteiger partial charge in [-0.3, -0.25) is 4.79 Å². The van der Waals surface area contributed by atoms with Crippen LogP contribution in [0.2, 0.25) is 0 Å². The molecule has 3 N–H and O–H groups in total. The third-order valence-corrected chi connectivity index (χ3v) is 5.74. The molecule has 8 heteroatoms. The highest BCUT2D eigenvalue weighted by atomic mass is 32.1. The van der Waals surface area contributed by atoms with Crippen molar-refractivity contribution >= 4 is 27.5 Å². The summed E-state index contributed by atoms with van der Waals surface area (Å²) in [7, 11) is 0. The van der Waals surface area contributed by atoms with Crippen molar-refractivity contribution in [1.29, 1.82) is 0 Å². The molecule has 0 amide bonds. The molecule has 0 radical (unpaired) electrons. The van der Waals surface area contributed by atoms with Crippen LogP contribution in [0.3, 0.4) is 0 Å². The standard InChI is InChI=1S/C20H22N2O5S/c1-4-10(2)7-14-11(3)28-19-17(14)18(25)21-16(22-19)9-27-20(26)13-6-5-12(23)8-15(13)24/h5-6,8,10,23-24H,4,7,9H2,1-3H3,(H,21,22,25)/t10-/m0/s1. The number of aryl methyl sites for hydroxylation is 1. The van der Waals surface area contributed by atoms with Gasteiger partial charge in [0.1, 0.15) is 34.3 Å². The second-order valence-corrected chi connectivity index (χ2v) is 8.03. The van der Waals surface area contributed by atoms with E-state index in [1.165, 1.54) is 23.5 Å². The molecule has 0 aliphatic heterocycles. The maximum absolute atomic E-state index is 12.6. The zero-order valence-electron chi connectivity index (χ0n) is 15.9. The van der Waals surface area contributed by atoms with Crippen LogP contribution in [0, 0.1) is 12.8 Å². The number of nitrogens with zero attached hydrogens (tertiary/aromatic N) is 1. The number of aromatic hydroxyl groups is 2. The van der Waals surface area contributed by atoms with E-state index in [9.17, 15) is 19.8 Å². The van der Waals surface area contributed by atoms with Crippen molar-refractivity contribution in [3.05, 3.63) is 50.4 Å². The maximum atomic E-state index is 12.6. The number of rotatable bonds is 6. The van der Waals surface area contributed by atoms with Crippen molar-refractivity contribution in [2.45, 2.75) is 40.2 Å². The van der Waals surface area contributed by atoms with Crippen LogP contribution < -0.4 is 5.56 Å². The Kier molecular flexibility index (Phi) is 5.69. The van der Waals surface area contributed by atoms with Crippen LogP contribution in [0.15, 0.2) is 23.0 Å². The number of thiophene rings is 1. The first-order chi connectivity index (χ1) is 13.3. The number of benzene rings is 1. The number of nitrogens with one attached hydrogen (secondary N) is 1. The van der Waals surface area contributed by atoms with Crippen LogP contribution >= 0.6 is 11.3 Å². The Morgan fingerprint density at radius 2 is 2.11 bits per heavy atom. The molecule has 1 aromatic carbocycles. The van der Waals surface area contributed by atoms with Gasteiger partial charge in [0, 0.05) is 10.9 Å². The Morgan fingerprint density at radius 1 is 1.36 bits per heavy atom. The number of carbonyl (C=O) groups is 1. The quantitative estimate of drug-likeness (QED) is 0.543. The Labute approximate surface area is 165 Å². The van der Waals surface area contributed by atoms with E-state index in [0.29, 0.717) is 16.1 Å². The Bertz CT molecular complexity index is 1090. The number of hydrogen-bond acceptors (Lipinski definition) is 7. The molecule has 0 fully saturated rings. The lowest BCUT2D eigenvalue weighted by Gasteiger charge is -2.08. The lowest BCUT2D eigenvalue weighted by Crippen LogP contribution is -2.15. The number of fused-ring (bicyclic) bond motifs is 1. The largest absolute Gasteiger partial charge is 0.508 e. The van der Waals surface area contributed by atoms with E-state index in [1.807, 2.05) is 6.92 Å². The zero-order valence-corrected chi connectivity index (χ0v) is 16.7. The molecule has 28 heavy (non-hydrogen) atoms. The third kappa shape index (κ3) is 4.01. The van der Waals surface area contributed by atoms with E-state index in [1.54, 1.807) is 0 Å². The van der Waals surface area contributed by atoms with Gasteiger partial charge in [0.05, 0.1) is 5.39 Å². The molecule has 0 spiro atoms. The summed E-state index contributed by atoms with van der Waals surface area (Å²) < 4.78 is 5.15. The van der Waals surface area contributed by atoms with Crippen molar-refractivity contribution in [1.82, 2.24) is 9.97 Å². The molecule has 0 saturated heterocycles. The average molecular weight is 402 g/mol. The Morgan fingerprint density at radius 3 is 2.79 bits per heavy atom. The fourth-order valence-electron chi connectivity index (χ4n) is 2.93. The molecule has 0 aliphatic rings. The molecule has 1 atom stereocenters. The minimum Gasteiger partial charge on any atom is -0.508 e. The minimum absolute atomic E-state index is 0.0796. The first-order valence-electron chi connectivity index (χ1n) is 9.00. The summed E-state index contributed by atoms with van der Waals surface area (Å²) in [6.45, 7) is 6.02. The molecule has 148 valence electrons. The molecular weight excluding hydrogens is 380 g/mol. The van der Waals surface area contributed by atoms with Gasteiger partial charge in [-0.1, -0.05) is 20.3 Å². The first kappa shape index (κ1) is 19.9. The molecule has 3 rings (SSSR count). The Balaban J connectivity index is 1.83. The Hall–Kier alpha value is -2.87. The number of esters is 1. The highest BCUT2D eigenvalue weighted by molar-refractivity contribution is 7.18. The van der Waals surface area contributed by atoms with E-state index >= 15 is 0 Å². The fraction of sp³-hybridized carbons (Fsp3) is 0.350. The first-order valence-corrected chi connectivity index (χ1v) is 9.82. The van der Waals surface area contributed by atoms with Crippen molar-refractivity contribution in [3.63, 3.8) is 0 Å². The summed E-state index contributed by atoms with van der Waals surface area (Å²) in [5.74, 6) is -0.618. The number of aromatic nitrogens is 2. The lowest BCUT2D eigenvalue weighted by atomic mass is 9.98. The molecule has 2 heterocycles. The molecule has 0 unspecified atom stereocenters. The highest BCUT2D eigenvalue weighted by Crippen LogP contribution is 2.29. The predicted molar refractivity (Wildman–Crippen MR) is 107 cm³/mol. The monoisotopic (exact) mass is 402 g/mol. The molecule has 7 nitrogen and oxygen atoms in total. The van der Waals surface area contributed by atoms with Crippen LogP contribution in [0.25, 0.3) is 10.2 Å². The van der Waals surface area contributed by atoms with E-state index in [2.05, 4.69) is 23.8 Å². The molecule has 2 aromatic heterocycles. The van der Waals surface area contributed by atoms with Gasteiger partial charge < -0.3 is 19.9 Å². The third-order valence-electron chi connectivity index (χ3n) is 4.70. The number of ether oxygens (including phenoxy) is 1. The molecular formula is C20H22N2O5S. The topological polar surface area (TPSA) is 113 Å². The number of hydrogen-bond donors (Lipinski definition) is 3. The summed E-state index contributed by atoms with van der Waals surface area (Å²) in [6, 6.07) is 3.59. The summed E-state index contributed by atoms with van der Waals surface area (Å²) >= 11 is 1.45. The minimum atomic E-state index is -0.778. The average Bonchev–Trinajstić information content (AvgIpc) is 2.95. The van der Waals surface area contributed by atoms with Gasteiger partial charge in [0.2, 0.25) is 0 Å².